The highest BCUT2D eigenvalue weighted by molar-refractivity contribution is 7.89. The molecule has 0 saturated heterocycles. The molecule has 130 valence electrons. The van der Waals surface area contributed by atoms with E-state index in [1.54, 1.807) is 35.6 Å². The van der Waals surface area contributed by atoms with Gasteiger partial charge in [0.25, 0.3) is 0 Å². The normalized spacial score (nSPS) is 17.0. The van der Waals surface area contributed by atoms with E-state index in [-0.39, 0.29) is 10.3 Å². The Hall–Kier alpha value is -1.37. The number of nitrogens with one attached hydrogen (secondary N) is 1. The zero-order chi connectivity index (χ0) is 17.0. The summed E-state index contributed by atoms with van der Waals surface area (Å²) < 4.78 is 33.9. The lowest BCUT2D eigenvalue weighted by Gasteiger charge is -2.28. The predicted octanol–water partition coefficient (Wildman–Crippen LogP) is 3.94. The minimum atomic E-state index is -3.60. The smallest absolute Gasteiger partial charge is 0.244 e. The van der Waals surface area contributed by atoms with E-state index in [0.29, 0.717) is 18.9 Å². The molecule has 0 spiro atoms. The molecule has 0 radical (unpaired) electrons. The number of hydrogen-bond donors (Lipinski definition) is 1. The molecule has 1 N–H and O–H groups in total. The second kappa shape index (κ2) is 7.25. The van der Waals surface area contributed by atoms with Crippen molar-refractivity contribution in [3.05, 3.63) is 46.7 Å². The average Bonchev–Trinajstić information content (AvgIpc) is 3.26. The van der Waals surface area contributed by atoms with E-state index >= 15 is 0 Å². The molecule has 0 amide bonds. The molecular formula is C18H23NO3S2. The van der Waals surface area contributed by atoms with Gasteiger partial charge in [-0.15, -0.1) is 0 Å². The lowest BCUT2D eigenvalue weighted by molar-refractivity contribution is 0.330. The summed E-state index contributed by atoms with van der Waals surface area (Å²) >= 11 is 1.67. The number of benzene rings is 1. The highest BCUT2D eigenvalue weighted by atomic mass is 32.2. The second-order valence-corrected chi connectivity index (χ2v) is 8.72. The summed E-state index contributed by atoms with van der Waals surface area (Å²) in [6.45, 7) is 2.72. The Morgan fingerprint density at radius 2 is 1.96 bits per heavy atom. The maximum absolute atomic E-state index is 12.8. The summed E-state index contributed by atoms with van der Waals surface area (Å²) in [6, 6.07) is 8.93. The first kappa shape index (κ1) is 17.5. The topological polar surface area (TPSA) is 55.4 Å². The summed E-state index contributed by atoms with van der Waals surface area (Å²) in [7, 11) is -3.60. The number of hydrogen-bond acceptors (Lipinski definition) is 4. The second-order valence-electron chi connectivity index (χ2n) is 6.20. The van der Waals surface area contributed by atoms with Gasteiger partial charge in [-0.25, -0.2) is 13.1 Å². The summed E-state index contributed by atoms with van der Waals surface area (Å²) in [5.41, 5.74) is 1.18. The van der Waals surface area contributed by atoms with Crippen molar-refractivity contribution in [1.82, 2.24) is 4.72 Å². The van der Waals surface area contributed by atoms with E-state index in [9.17, 15) is 8.42 Å². The monoisotopic (exact) mass is 365 g/mol. The Morgan fingerprint density at radius 1 is 1.21 bits per heavy atom. The zero-order valence-corrected chi connectivity index (χ0v) is 15.5. The van der Waals surface area contributed by atoms with Crippen molar-refractivity contribution in [3.63, 3.8) is 0 Å². The van der Waals surface area contributed by atoms with Crippen LogP contribution in [0.5, 0.6) is 5.75 Å². The van der Waals surface area contributed by atoms with Crippen molar-refractivity contribution in [2.45, 2.75) is 42.9 Å². The fourth-order valence-electron chi connectivity index (χ4n) is 3.44. The van der Waals surface area contributed by atoms with Gasteiger partial charge in [0.1, 0.15) is 10.6 Å². The van der Waals surface area contributed by atoms with Crippen LogP contribution < -0.4 is 9.46 Å². The fraction of sp³-hybridized carbons (Fsp3) is 0.444. The number of thiophene rings is 1. The third kappa shape index (κ3) is 3.50. The minimum absolute atomic E-state index is 0.0758. The summed E-state index contributed by atoms with van der Waals surface area (Å²) in [5, 5.41) is 4.21. The molecule has 2 aromatic rings. The van der Waals surface area contributed by atoms with Gasteiger partial charge in [0, 0.05) is 12.0 Å². The Bertz CT molecular complexity index is 763. The molecule has 0 aliphatic heterocycles. The van der Waals surface area contributed by atoms with Crippen molar-refractivity contribution in [2.75, 3.05) is 13.2 Å². The first-order valence-corrected chi connectivity index (χ1v) is 10.7. The molecule has 4 nitrogen and oxygen atoms in total. The average molecular weight is 366 g/mol. The summed E-state index contributed by atoms with van der Waals surface area (Å²) in [6.07, 6.45) is 4.35. The molecule has 24 heavy (non-hydrogen) atoms. The molecule has 1 heterocycles. The summed E-state index contributed by atoms with van der Waals surface area (Å²) in [4.78, 5) is 0.213. The van der Waals surface area contributed by atoms with E-state index in [4.69, 9.17) is 4.74 Å². The number of ether oxygens (including phenoxy) is 1. The highest BCUT2D eigenvalue weighted by Crippen LogP contribution is 2.41. The van der Waals surface area contributed by atoms with Gasteiger partial charge in [-0.05, 0) is 54.3 Å². The van der Waals surface area contributed by atoms with E-state index in [0.717, 1.165) is 25.7 Å². The molecule has 1 aromatic carbocycles. The molecule has 1 aromatic heterocycles. The van der Waals surface area contributed by atoms with Crippen molar-refractivity contribution < 1.29 is 13.2 Å². The van der Waals surface area contributed by atoms with Gasteiger partial charge < -0.3 is 4.74 Å². The summed E-state index contributed by atoms with van der Waals surface area (Å²) in [5.74, 6) is 0.406. The van der Waals surface area contributed by atoms with Crippen molar-refractivity contribution >= 4 is 21.4 Å². The lowest BCUT2D eigenvalue weighted by Crippen LogP contribution is -2.38. The van der Waals surface area contributed by atoms with Crippen LogP contribution in [0, 0.1) is 0 Å². The molecule has 6 heteroatoms. The molecule has 1 aliphatic carbocycles. The number of para-hydroxylation sites is 1. The van der Waals surface area contributed by atoms with E-state index in [1.165, 1.54) is 5.56 Å². The van der Waals surface area contributed by atoms with Gasteiger partial charge in [-0.1, -0.05) is 25.0 Å². The van der Waals surface area contributed by atoms with Crippen molar-refractivity contribution in [3.8, 4) is 5.75 Å². The van der Waals surface area contributed by atoms with Gasteiger partial charge in [-0.2, -0.15) is 11.3 Å². The van der Waals surface area contributed by atoms with Gasteiger partial charge in [0.2, 0.25) is 10.0 Å². The molecular weight excluding hydrogens is 342 g/mol. The quantitative estimate of drug-likeness (QED) is 0.809. The van der Waals surface area contributed by atoms with Crippen LogP contribution >= 0.6 is 11.3 Å². The third-order valence-electron chi connectivity index (χ3n) is 4.73. The minimum Gasteiger partial charge on any atom is -0.492 e. The standard InChI is InChI=1S/C18H23NO3S2/c1-2-22-16-7-3-4-8-17(16)24(20,21)19-14-18(10-5-6-11-18)15-9-12-23-13-15/h3-4,7-9,12-13,19H,2,5-6,10-11,14H2,1H3. The van der Waals surface area contributed by atoms with Crippen LogP contribution in [-0.4, -0.2) is 21.6 Å². The Kier molecular flexibility index (Phi) is 5.27. The van der Waals surface area contributed by atoms with Crippen LogP contribution in [0.3, 0.4) is 0 Å². The zero-order valence-electron chi connectivity index (χ0n) is 13.8. The third-order valence-corrected chi connectivity index (χ3v) is 6.86. The van der Waals surface area contributed by atoms with E-state index < -0.39 is 10.0 Å². The largest absolute Gasteiger partial charge is 0.492 e. The maximum Gasteiger partial charge on any atom is 0.244 e. The molecule has 1 fully saturated rings. The Morgan fingerprint density at radius 3 is 2.62 bits per heavy atom. The van der Waals surface area contributed by atoms with Gasteiger partial charge in [-0.3, -0.25) is 0 Å². The van der Waals surface area contributed by atoms with Crippen LogP contribution in [0.25, 0.3) is 0 Å². The Labute approximate surface area is 147 Å². The molecule has 1 saturated carbocycles. The molecule has 0 atom stereocenters. The Balaban J connectivity index is 1.82. The fourth-order valence-corrected chi connectivity index (χ4v) is 5.49. The van der Waals surface area contributed by atoms with Crippen LogP contribution in [-0.2, 0) is 15.4 Å². The van der Waals surface area contributed by atoms with Gasteiger partial charge in [0.15, 0.2) is 0 Å². The van der Waals surface area contributed by atoms with Crippen LogP contribution in [0.4, 0.5) is 0 Å². The lowest BCUT2D eigenvalue weighted by atomic mass is 9.81. The molecule has 3 rings (SSSR count). The SMILES string of the molecule is CCOc1ccccc1S(=O)(=O)NCC1(c2ccsc2)CCCC1. The highest BCUT2D eigenvalue weighted by Gasteiger charge is 2.37. The first-order chi connectivity index (χ1) is 11.6. The molecule has 0 unspecified atom stereocenters. The van der Waals surface area contributed by atoms with Gasteiger partial charge in [0.05, 0.1) is 6.61 Å². The van der Waals surface area contributed by atoms with Crippen molar-refractivity contribution in [1.29, 1.82) is 0 Å². The number of rotatable bonds is 7. The van der Waals surface area contributed by atoms with Crippen molar-refractivity contribution in [2.24, 2.45) is 0 Å². The molecule has 0 bridgehead atoms. The van der Waals surface area contributed by atoms with Crippen LogP contribution in [0.1, 0.15) is 38.2 Å². The number of sulfonamides is 1. The predicted molar refractivity (Wildman–Crippen MR) is 97.3 cm³/mol. The first-order valence-electron chi connectivity index (χ1n) is 8.32. The molecule has 1 aliphatic rings. The van der Waals surface area contributed by atoms with E-state index in [1.807, 2.05) is 6.92 Å². The maximum atomic E-state index is 12.8. The van der Waals surface area contributed by atoms with Crippen LogP contribution in [0.15, 0.2) is 46.0 Å². The van der Waals surface area contributed by atoms with E-state index in [2.05, 4.69) is 21.5 Å². The van der Waals surface area contributed by atoms with Gasteiger partial charge >= 0.3 is 0 Å². The van der Waals surface area contributed by atoms with Crippen LogP contribution in [0.2, 0.25) is 0 Å².